The zero-order valence-electron chi connectivity index (χ0n) is 19.7. The molecular weight excluding hydrogens is 468 g/mol. The summed E-state index contributed by atoms with van der Waals surface area (Å²) in [4.78, 5) is 26.8. The molecule has 0 atom stereocenters. The summed E-state index contributed by atoms with van der Waals surface area (Å²) in [5.41, 5.74) is 3.92. The fraction of sp³-hybridized carbons (Fsp3) is 0.269. The summed E-state index contributed by atoms with van der Waals surface area (Å²) in [5, 5.41) is 7.34. The second-order valence-electron chi connectivity index (χ2n) is 8.41. The molecule has 0 spiro atoms. The first-order valence-electron chi connectivity index (χ1n) is 11.5. The first-order chi connectivity index (χ1) is 16.9. The summed E-state index contributed by atoms with van der Waals surface area (Å²) in [5.74, 6) is 0.878. The summed E-state index contributed by atoms with van der Waals surface area (Å²) in [6.07, 6.45) is 2.30. The number of benzene rings is 2. The fourth-order valence-electron chi connectivity index (χ4n) is 4.72. The Kier molecular flexibility index (Phi) is 5.98. The standard InChI is InChI=1S/C26H25ClN4O4/c1-4-30-15(2)22(26(33)31(30)21-11-6-5-10-20(21)27)28-25(32)23-19-9-7-8-16-14-17(34-3)12-13-18(16)24(19)35-29-23/h5-6,10-14H,4,7-9H2,1-3H3,(H,28,32). The molecule has 0 saturated heterocycles. The van der Waals surface area contributed by atoms with Gasteiger partial charge in [-0.05, 0) is 69.0 Å². The summed E-state index contributed by atoms with van der Waals surface area (Å²) in [6, 6.07) is 12.9. The monoisotopic (exact) mass is 492 g/mol. The fourth-order valence-corrected chi connectivity index (χ4v) is 4.94. The number of rotatable bonds is 5. The van der Waals surface area contributed by atoms with Crippen molar-refractivity contribution in [3.8, 4) is 22.8 Å². The lowest BCUT2D eigenvalue weighted by Crippen LogP contribution is -2.24. The minimum absolute atomic E-state index is 0.187. The van der Waals surface area contributed by atoms with Gasteiger partial charge in [0.2, 0.25) is 0 Å². The number of carbonyl (C=O) groups is 1. The van der Waals surface area contributed by atoms with Crippen LogP contribution >= 0.6 is 11.6 Å². The Morgan fingerprint density at radius 3 is 2.77 bits per heavy atom. The number of amides is 1. The van der Waals surface area contributed by atoms with Crippen molar-refractivity contribution >= 4 is 23.2 Å². The van der Waals surface area contributed by atoms with Crippen molar-refractivity contribution in [3.63, 3.8) is 0 Å². The molecule has 35 heavy (non-hydrogen) atoms. The highest BCUT2D eigenvalue weighted by Gasteiger charge is 2.28. The highest BCUT2D eigenvalue weighted by atomic mass is 35.5. The summed E-state index contributed by atoms with van der Waals surface area (Å²) in [7, 11) is 1.63. The first-order valence-corrected chi connectivity index (χ1v) is 11.9. The van der Waals surface area contributed by atoms with Crippen molar-refractivity contribution < 1.29 is 14.1 Å². The molecule has 0 unspecified atom stereocenters. The van der Waals surface area contributed by atoms with Crippen molar-refractivity contribution in [2.75, 3.05) is 12.4 Å². The first kappa shape index (κ1) is 23.0. The Hall–Kier alpha value is -3.78. The number of methoxy groups -OCH3 is 1. The second kappa shape index (κ2) is 9.11. The van der Waals surface area contributed by atoms with E-state index in [0.29, 0.717) is 35.1 Å². The number of aryl methyl sites for hydroxylation is 1. The number of halogens is 1. The Morgan fingerprint density at radius 1 is 1.23 bits per heavy atom. The maximum absolute atomic E-state index is 13.4. The van der Waals surface area contributed by atoms with Crippen LogP contribution in [0.15, 0.2) is 51.8 Å². The molecule has 2 aromatic heterocycles. The maximum atomic E-state index is 13.4. The smallest absolute Gasteiger partial charge is 0.295 e. The topological polar surface area (TPSA) is 91.3 Å². The minimum Gasteiger partial charge on any atom is -0.497 e. The second-order valence-corrected chi connectivity index (χ2v) is 8.82. The van der Waals surface area contributed by atoms with E-state index >= 15 is 0 Å². The van der Waals surface area contributed by atoms with Gasteiger partial charge in [0, 0.05) is 17.7 Å². The van der Waals surface area contributed by atoms with Gasteiger partial charge in [0.1, 0.15) is 11.4 Å². The number of fused-ring (bicyclic) bond motifs is 3. The van der Waals surface area contributed by atoms with Crippen LogP contribution in [-0.4, -0.2) is 27.5 Å². The van der Waals surface area contributed by atoms with Crippen molar-refractivity contribution in [2.45, 2.75) is 39.7 Å². The predicted octanol–water partition coefficient (Wildman–Crippen LogP) is 5.03. The van der Waals surface area contributed by atoms with Crippen LogP contribution in [0.5, 0.6) is 5.75 Å². The number of carbonyl (C=O) groups excluding carboxylic acids is 1. The van der Waals surface area contributed by atoms with E-state index in [1.165, 1.54) is 4.68 Å². The van der Waals surface area contributed by atoms with E-state index in [4.69, 9.17) is 20.9 Å². The number of hydrogen-bond acceptors (Lipinski definition) is 5. The van der Waals surface area contributed by atoms with Crippen LogP contribution < -0.4 is 15.6 Å². The molecule has 8 nitrogen and oxygen atoms in total. The average Bonchev–Trinajstić information content (AvgIpc) is 3.31. The van der Waals surface area contributed by atoms with Gasteiger partial charge < -0.3 is 14.6 Å². The summed E-state index contributed by atoms with van der Waals surface area (Å²) >= 11 is 6.37. The van der Waals surface area contributed by atoms with E-state index in [2.05, 4.69) is 10.5 Å². The SMILES string of the molecule is CCn1c(C)c(NC(=O)c2noc3c2CCCc2cc(OC)ccc2-3)c(=O)n1-c1ccccc1Cl. The molecule has 1 amide bonds. The average molecular weight is 493 g/mol. The van der Waals surface area contributed by atoms with E-state index in [9.17, 15) is 9.59 Å². The molecule has 2 aromatic carbocycles. The van der Waals surface area contributed by atoms with Gasteiger partial charge in [0.15, 0.2) is 11.5 Å². The largest absolute Gasteiger partial charge is 0.497 e. The molecule has 5 rings (SSSR count). The highest BCUT2D eigenvalue weighted by Crippen LogP contribution is 2.36. The van der Waals surface area contributed by atoms with Crippen LogP contribution in [0.1, 0.15) is 40.7 Å². The Labute approximate surface area is 207 Å². The van der Waals surface area contributed by atoms with Crippen molar-refractivity contribution in [1.29, 1.82) is 0 Å². The van der Waals surface area contributed by atoms with Crippen molar-refractivity contribution in [1.82, 2.24) is 14.5 Å². The van der Waals surface area contributed by atoms with Crippen LogP contribution in [0, 0.1) is 6.92 Å². The van der Waals surface area contributed by atoms with E-state index in [0.717, 1.165) is 35.3 Å². The third-order valence-corrected chi connectivity index (χ3v) is 6.77. The van der Waals surface area contributed by atoms with Crippen LogP contribution in [-0.2, 0) is 19.4 Å². The molecule has 0 radical (unpaired) electrons. The van der Waals surface area contributed by atoms with Crippen LogP contribution in [0.3, 0.4) is 0 Å². The van der Waals surface area contributed by atoms with Gasteiger partial charge in [0.05, 0.1) is 23.5 Å². The molecule has 1 aliphatic rings. The van der Waals surface area contributed by atoms with E-state index in [-0.39, 0.29) is 16.9 Å². The van der Waals surface area contributed by atoms with Gasteiger partial charge in [0.25, 0.3) is 11.5 Å². The molecular formula is C26H25ClN4O4. The number of nitrogens with one attached hydrogen (secondary N) is 1. The van der Waals surface area contributed by atoms with Gasteiger partial charge >= 0.3 is 0 Å². The molecule has 1 N–H and O–H groups in total. The zero-order chi connectivity index (χ0) is 24.7. The Balaban J connectivity index is 1.53. The normalized spacial score (nSPS) is 12.6. The molecule has 2 heterocycles. The molecule has 0 bridgehead atoms. The number of para-hydroxylation sites is 1. The van der Waals surface area contributed by atoms with Gasteiger partial charge in [-0.3, -0.25) is 14.3 Å². The lowest BCUT2D eigenvalue weighted by molar-refractivity contribution is 0.101. The molecule has 9 heteroatoms. The molecule has 4 aromatic rings. The highest BCUT2D eigenvalue weighted by molar-refractivity contribution is 6.32. The van der Waals surface area contributed by atoms with E-state index in [1.54, 1.807) is 36.9 Å². The lowest BCUT2D eigenvalue weighted by atomic mass is 10.0. The number of anilines is 1. The summed E-state index contributed by atoms with van der Waals surface area (Å²) in [6.45, 7) is 4.23. The third-order valence-electron chi connectivity index (χ3n) is 6.45. The molecule has 1 aliphatic carbocycles. The van der Waals surface area contributed by atoms with Gasteiger partial charge in [-0.1, -0.05) is 28.9 Å². The molecule has 0 aliphatic heterocycles. The predicted molar refractivity (Wildman–Crippen MR) is 134 cm³/mol. The number of nitrogens with zero attached hydrogens (tertiary/aromatic N) is 3. The van der Waals surface area contributed by atoms with Crippen LogP contribution in [0.2, 0.25) is 5.02 Å². The Bertz CT molecular complexity index is 1500. The van der Waals surface area contributed by atoms with Gasteiger partial charge in [-0.15, -0.1) is 0 Å². The lowest BCUT2D eigenvalue weighted by Gasteiger charge is -2.12. The zero-order valence-corrected chi connectivity index (χ0v) is 20.5. The third kappa shape index (κ3) is 3.83. The van der Waals surface area contributed by atoms with Crippen LogP contribution in [0.4, 0.5) is 5.69 Å². The van der Waals surface area contributed by atoms with E-state index < -0.39 is 5.91 Å². The van der Waals surface area contributed by atoms with Gasteiger partial charge in [-0.25, -0.2) is 4.68 Å². The summed E-state index contributed by atoms with van der Waals surface area (Å²) < 4.78 is 14.3. The van der Waals surface area contributed by atoms with Crippen molar-refractivity contribution in [3.05, 3.63) is 80.4 Å². The number of aromatic nitrogens is 3. The molecule has 0 saturated carbocycles. The van der Waals surface area contributed by atoms with Crippen molar-refractivity contribution in [2.24, 2.45) is 0 Å². The number of hydrogen-bond donors (Lipinski definition) is 1. The quantitative estimate of drug-likeness (QED) is 0.422. The van der Waals surface area contributed by atoms with Gasteiger partial charge in [-0.2, -0.15) is 0 Å². The Morgan fingerprint density at radius 2 is 2.03 bits per heavy atom. The number of ether oxygens (including phenoxy) is 1. The van der Waals surface area contributed by atoms with Crippen LogP contribution in [0.25, 0.3) is 17.0 Å². The molecule has 180 valence electrons. The minimum atomic E-state index is -0.480. The molecule has 0 fully saturated rings. The van der Waals surface area contributed by atoms with E-state index in [1.807, 2.05) is 31.2 Å². The maximum Gasteiger partial charge on any atom is 0.295 e.